The molecule has 5 nitrogen and oxygen atoms in total. The van der Waals surface area contributed by atoms with Crippen LogP contribution >= 0.6 is 0 Å². The van der Waals surface area contributed by atoms with E-state index in [1.54, 1.807) is 19.1 Å². The number of nitro groups is 1. The molecule has 1 aromatic carbocycles. The van der Waals surface area contributed by atoms with Crippen molar-refractivity contribution < 1.29 is 9.45 Å². The summed E-state index contributed by atoms with van der Waals surface area (Å²) in [7, 11) is 0. The lowest BCUT2D eigenvalue weighted by molar-refractivity contribution is -0.385. The van der Waals surface area contributed by atoms with Crippen molar-refractivity contribution in [1.29, 1.82) is 0 Å². The monoisotopic (exact) mass is 232 g/mol. The molecule has 0 N–H and O–H groups in total. The van der Waals surface area contributed by atoms with Crippen molar-refractivity contribution in [3.63, 3.8) is 0 Å². The fourth-order valence-electron chi connectivity index (χ4n) is 1.75. The normalized spacial score (nSPS) is 10.5. The number of aromatic nitrogens is 1. The maximum absolute atomic E-state index is 10.8. The van der Waals surface area contributed by atoms with Gasteiger partial charge in [0.05, 0.1) is 10.6 Å². The Balaban J connectivity index is 2.57. The molecule has 2 rings (SSSR count). The van der Waals surface area contributed by atoms with Gasteiger partial charge in [0.1, 0.15) is 0 Å². The Kier molecular flexibility index (Phi) is 2.67. The van der Waals surface area contributed by atoms with E-state index in [0.717, 1.165) is 16.8 Å². The number of nitro benzene ring substituents is 1. The molecule has 17 heavy (non-hydrogen) atoms. The number of nitrogens with zero attached hydrogens (tertiary/aromatic N) is 2. The molecule has 0 amide bonds. The minimum atomic E-state index is -0.377. The lowest BCUT2D eigenvalue weighted by Gasteiger charge is -2.04. The molecule has 1 aromatic heterocycles. The van der Waals surface area contributed by atoms with Crippen molar-refractivity contribution in [3.8, 4) is 11.3 Å². The van der Waals surface area contributed by atoms with Crippen LogP contribution in [0.1, 0.15) is 16.8 Å². The van der Waals surface area contributed by atoms with Gasteiger partial charge in [-0.05, 0) is 32.4 Å². The molecule has 0 atom stereocenters. The van der Waals surface area contributed by atoms with Gasteiger partial charge in [-0.3, -0.25) is 10.1 Å². The van der Waals surface area contributed by atoms with Crippen molar-refractivity contribution in [2.24, 2.45) is 0 Å². The van der Waals surface area contributed by atoms with Crippen LogP contribution in [0.4, 0.5) is 5.69 Å². The zero-order chi connectivity index (χ0) is 12.6. The lowest BCUT2D eigenvalue weighted by atomic mass is 10.0. The van der Waals surface area contributed by atoms with E-state index in [9.17, 15) is 10.1 Å². The molecule has 5 heteroatoms. The molecule has 0 radical (unpaired) electrons. The van der Waals surface area contributed by atoms with Crippen LogP contribution in [0.25, 0.3) is 11.3 Å². The first-order chi connectivity index (χ1) is 7.99. The third kappa shape index (κ3) is 2.04. The molecular weight excluding hydrogens is 220 g/mol. The van der Waals surface area contributed by atoms with E-state index in [1.807, 2.05) is 19.9 Å². The Morgan fingerprint density at radius 3 is 2.41 bits per heavy atom. The molecule has 1 heterocycles. The third-order valence-corrected chi connectivity index (χ3v) is 2.63. The molecule has 0 unspecified atom stereocenters. The standard InChI is InChI=1S/C12H12N2O3/c1-7-5-11(14(15)16)8(2)4-10(7)12-6-9(3)13-17-12/h4-6H,1-3H3. The molecule has 0 saturated heterocycles. The number of rotatable bonds is 2. The van der Waals surface area contributed by atoms with Gasteiger partial charge in [0, 0.05) is 23.3 Å². The third-order valence-electron chi connectivity index (χ3n) is 2.63. The van der Waals surface area contributed by atoms with Crippen molar-refractivity contribution in [3.05, 3.63) is 45.1 Å². The average molecular weight is 232 g/mol. The van der Waals surface area contributed by atoms with Crippen LogP contribution in [-0.2, 0) is 0 Å². The summed E-state index contributed by atoms with van der Waals surface area (Å²) in [5.41, 5.74) is 3.18. The van der Waals surface area contributed by atoms with Crippen LogP contribution in [0.2, 0.25) is 0 Å². The second-order valence-electron chi connectivity index (χ2n) is 4.04. The highest BCUT2D eigenvalue weighted by molar-refractivity contribution is 5.66. The highest BCUT2D eigenvalue weighted by Gasteiger charge is 2.16. The predicted octanol–water partition coefficient (Wildman–Crippen LogP) is 3.18. The van der Waals surface area contributed by atoms with Gasteiger partial charge in [0.25, 0.3) is 5.69 Å². The molecule has 0 aliphatic carbocycles. The van der Waals surface area contributed by atoms with Gasteiger partial charge in [-0.1, -0.05) is 5.16 Å². The number of hydrogen-bond acceptors (Lipinski definition) is 4. The van der Waals surface area contributed by atoms with E-state index in [2.05, 4.69) is 5.16 Å². The Labute approximate surface area is 98.2 Å². The Bertz CT molecular complexity index is 587. The van der Waals surface area contributed by atoms with Crippen molar-refractivity contribution in [2.45, 2.75) is 20.8 Å². The first kappa shape index (κ1) is 11.3. The fraction of sp³-hybridized carbons (Fsp3) is 0.250. The summed E-state index contributed by atoms with van der Waals surface area (Å²) < 4.78 is 5.17. The lowest BCUT2D eigenvalue weighted by Crippen LogP contribution is -1.94. The Morgan fingerprint density at radius 1 is 1.18 bits per heavy atom. The van der Waals surface area contributed by atoms with E-state index in [1.165, 1.54) is 0 Å². The predicted molar refractivity (Wildman–Crippen MR) is 62.8 cm³/mol. The van der Waals surface area contributed by atoms with Gasteiger partial charge in [0.15, 0.2) is 5.76 Å². The number of hydrogen-bond donors (Lipinski definition) is 0. The van der Waals surface area contributed by atoms with E-state index < -0.39 is 0 Å². The molecule has 0 saturated carbocycles. The average Bonchev–Trinajstić information content (AvgIpc) is 2.67. The minimum Gasteiger partial charge on any atom is -0.356 e. The summed E-state index contributed by atoms with van der Waals surface area (Å²) in [4.78, 5) is 10.4. The summed E-state index contributed by atoms with van der Waals surface area (Å²) in [6.45, 7) is 5.37. The van der Waals surface area contributed by atoms with Gasteiger partial charge in [-0.2, -0.15) is 0 Å². The highest BCUT2D eigenvalue weighted by atomic mass is 16.6. The zero-order valence-electron chi connectivity index (χ0n) is 9.85. The molecule has 2 aromatic rings. The second-order valence-corrected chi connectivity index (χ2v) is 4.04. The van der Waals surface area contributed by atoms with Gasteiger partial charge in [-0.25, -0.2) is 0 Å². The minimum absolute atomic E-state index is 0.127. The summed E-state index contributed by atoms with van der Waals surface area (Å²) in [6, 6.07) is 5.13. The molecule has 88 valence electrons. The molecule has 0 aliphatic rings. The Morgan fingerprint density at radius 2 is 1.88 bits per heavy atom. The largest absolute Gasteiger partial charge is 0.356 e. The maximum Gasteiger partial charge on any atom is 0.272 e. The molecule has 0 bridgehead atoms. The first-order valence-corrected chi connectivity index (χ1v) is 5.18. The van der Waals surface area contributed by atoms with Crippen LogP contribution in [0.15, 0.2) is 22.7 Å². The Hall–Kier alpha value is -2.17. The second kappa shape index (κ2) is 4.01. The highest BCUT2D eigenvalue weighted by Crippen LogP contribution is 2.30. The first-order valence-electron chi connectivity index (χ1n) is 5.18. The number of aryl methyl sites for hydroxylation is 3. The van der Waals surface area contributed by atoms with Gasteiger partial charge < -0.3 is 4.52 Å². The van der Waals surface area contributed by atoms with Crippen LogP contribution in [0.5, 0.6) is 0 Å². The van der Waals surface area contributed by atoms with Crippen LogP contribution < -0.4 is 0 Å². The fourth-order valence-corrected chi connectivity index (χ4v) is 1.75. The van der Waals surface area contributed by atoms with Gasteiger partial charge in [-0.15, -0.1) is 0 Å². The molecular formula is C12H12N2O3. The summed E-state index contributed by atoms with van der Waals surface area (Å²) in [5, 5.41) is 14.6. The van der Waals surface area contributed by atoms with Crippen LogP contribution in [-0.4, -0.2) is 10.1 Å². The van der Waals surface area contributed by atoms with Gasteiger partial charge >= 0.3 is 0 Å². The van der Waals surface area contributed by atoms with E-state index in [-0.39, 0.29) is 10.6 Å². The topological polar surface area (TPSA) is 69.2 Å². The summed E-state index contributed by atoms with van der Waals surface area (Å²) in [5.74, 6) is 0.637. The van der Waals surface area contributed by atoms with E-state index in [4.69, 9.17) is 4.52 Å². The summed E-state index contributed by atoms with van der Waals surface area (Å²) in [6.07, 6.45) is 0. The number of benzene rings is 1. The van der Waals surface area contributed by atoms with Crippen LogP contribution in [0.3, 0.4) is 0 Å². The molecule has 0 fully saturated rings. The SMILES string of the molecule is Cc1cc(-c2cc(C)c([N+](=O)[O-])cc2C)on1. The van der Waals surface area contributed by atoms with Crippen molar-refractivity contribution in [1.82, 2.24) is 5.16 Å². The summed E-state index contributed by atoms with van der Waals surface area (Å²) >= 11 is 0. The van der Waals surface area contributed by atoms with Crippen LogP contribution in [0, 0.1) is 30.9 Å². The smallest absolute Gasteiger partial charge is 0.272 e. The van der Waals surface area contributed by atoms with Crippen molar-refractivity contribution >= 4 is 5.69 Å². The molecule has 0 aliphatic heterocycles. The maximum atomic E-state index is 10.8. The van der Waals surface area contributed by atoms with E-state index in [0.29, 0.717) is 11.3 Å². The quantitative estimate of drug-likeness (QED) is 0.589. The molecule has 0 spiro atoms. The van der Waals surface area contributed by atoms with Crippen molar-refractivity contribution in [2.75, 3.05) is 0 Å². The van der Waals surface area contributed by atoms with E-state index >= 15 is 0 Å². The zero-order valence-corrected chi connectivity index (χ0v) is 9.85. The van der Waals surface area contributed by atoms with Gasteiger partial charge in [0.2, 0.25) is 0 Å².